The zero-order valence-electron chi connectivity index (χ0n) is 16.9. The molecule has 168 valence electrons. The van der Waals surface area contributed by atoms with Gasteiger partial charge in [-0.3, -0.25) is 19.2 Å². The molecule has 1 aromatic carbocycles. The SMILES string of the molecule is CC1CCCCN1CC(=O)Nc1ccc(F)c(NC(=O)c2cnn(CC(F)(F)F)c2)c1. The van der Waals surface area contributed by atoms with Gasteiger partial charge in [-0.1, -0.05) is 6.42 Å². The van der Waals surface area contributed by atoms with E-state index in [4.69, 9.17) is 0 Å². The summed E-state index contributed by atoms with van der Waals surface area (Å²) in [5.41, 5.74) is -0.0750. The third kappa shape index (κ3) is 6.51. The van der Waals surface area contributed by atoms with Crippen LogP contribution in [0.1, 0.15) is 36.5 Å². The maximum atomic E-state index is 14.1. The molecular formula is C20H23F4N5O2. The quantitative estimate of drug-likeness (QED) is 0.671. The Kier molecular flexibility index (Phi) is 6.94. The van der Waals surface area contributed by atoms with Crippen molar-refractivity contribution in [3.05, 3.63) is 42.0 Å². The molecule has 2 aromatic rings. The molecule has 2 heterocycles. The van der Waals surface area contributed by atoms with Crippen molar-refractivity contribution < 1.29 is 27.2 Å². The number of nitrogens with one attached hydrogen (secondary N) is 2. The van der Waals surface area contributed by atoms with Crippen molar-refractivity contribution in [2.24, 2.45) is 0 Å². The number of alkyl halides is 3. The van der Waals surface area contributed by atoms with Crippen LogP contribution >= 0.6 is 0 Å². The summed E-state index contributed by atoms with van der Waals surface area (Å²) in [6, 6.07) is 4.01. The minimum atomic E-state index is -4.48. The van der Waals surface area contributed by atoms with Gasteiger partial charge >= 0.3 is 6.18 Å². The van der Waals surface area contributed by atoms with E-state index in [9.17, 15) is 27.2 Å². The lowest BCUT2D eigenvalue weighted by Crippen LogP contribution is -2.42. The molecule has 1 atom stereocenters. The van der Waals surface area contributed by atoms with Gasteiger partial charge in [-0.25, -0.2) is 4.39 Å². The summed E-state index contributed by atoms with van der Waals surface area (Å²) in [5.74, 6) is -1.83. The van der Waals surface area contributed by atoms with Crippen LogP contribution in [0.2, 0.25) is 0 Å². The Balaban J connectivity index is 1.62. The number of benzene rings is 1. The summed E-state index contributed by atoms with van der Waals surface area (Å²) >= 11 is 0. The van der Waals surface area contributed by atoms with E-state index in [1.807, 2.05) is 0 Å². The molecule has 0 spiro atoms. The lowest BCUT2D eigenvalue weighted by Gasteiger charge is -2.32. The van der Waals surface area contributed by atoms with Crippen LogP contribution in [0.25, 0.3) is 0 Å². The fraction of sp³-hybridized carbons (Fsp3) is 0.450. The topological polar surface area (TPSA) is 79.3 Å². The number of carbonyl (C=O) groups is 2. The lowest BCUT2D eigenvalue weighted by atomic mass is 10.0. The van der Waals surface area contributed by atoms with Gasteiger partial charge in [-0.05, 0) is 44.5 Å². The molecule has 1 aliphatic rings. The molecule has 7 nitrogen and oxygen atoms in total. The van der Waals surface area contributed by atoms with E-state index in [2.05, 4.69) is 27.6 Å². The number of piperidine rings is 1. The van der Waals surface area contributed by atoms with E-state index in [1.54, 1.807) is 0 Å². The van der Waals surface area contributed by atoms with Gasteiger partial charge in [0.25, 0.3) is 5.91 Å². The molecule has 1 aromatic heterocycles. The summed E-state index contributed by atoms with van der Waals surface area (Å²) in [7, 11) is 0. The van der Waals surface area contributed by atoms with Gasteiger partial charge in [0.15, 0.2) is 0 Å². The fourth-order valence-corrected chi connectivity index (χ4v) is 3.42. The first-order valence-corrected chi connectivity index (χ1v) is 9.85. The molecule has 2 N–H and O–H groups in total. The highest BCUT2D eigenvalue weighted by atomic mass is 19.4. The zero-order valence-corrected chi connectivity index (χ0v) is 16.9. The Morgan fingerprint density at radius 2 is 2.00 bits per heavy atom. The molecule has 2 amide bonds. The van der Waals surface area contributed by atoms with Crippen LogP contribution in [0.4, 0.5) is 28.9 Å². The predicted octanol–water partition coefficient (Wildman–Crippen LogP) is 3.65. The Labute approximate surface area is 176 Å². The zero-order chi connectivity index (χ0) is 22.6. The van der Waals surface area contributed by atoms with Crippen LogP contribution in [-0.4, -0.2) is 51.8 Å². The minimum Gasteiger partial charge on any atom is -0.325 e. The van der Waals surface area contributed by atoms with E-state index < -0.39 is 24.4 Å². The highest BCUT2D eigenvalue weighted by Gasteiger charge is 2.28. The summed E-state index contributed by atoms with van der Waals surface area (Å²) in [4.78, 5) is 26.7. The Morgan fingerprint density at radius 3 is 2.71 bits per heavy atom. The maximum Gasteiger partial charge on any atom is 0.408 e. The molecule has 0 aliphatic carbocycles. The van der Waals surface area contributed by atoms with Crippen molar-refractivity contribution in [2.45, 2.75) is 44.9 Å². The van der Waals surface area contributed by atoms with Crippen LogP contribution in [0.5, 0.6) is 0 Å². The average molecular weight is 441 g/mol. The summed E-state index contributed by atoms with van der Waals surface area (Å²) in [6.07, 6.45) is 0.597. The van der Waals surface area contributed by atoms with Crippen LogP contribution in [-0.2, 0) is 11.3 Å². The first-order valence-electron chi connectivity index (χ1n) is 9.85. The Hall–Kier alpha value is -2.95. The number of aromatic nitrogens is 2. The van der Waals surface area contributed by atoms with Gasteiger partial charge < -0.3 is 10.6 Å². The van der Waals surface area contributed by atoms with Crippen molar-refractivity contribution in [2.75, 3.05) is 23.7 Å². The molecular weight excluding hydrogens is 418 g/mol. The number of likely N-dealkylation sites (tertiary alicyclic amines) is 1. The Morgan fingerprint density at radius 1 is 1.23 bits per heavy atom. The highest BCUT2D eigenvalue weighted by Crippen LogP contribution is 2.22. The van der Waals surface area contributed by atoms with Crippen LogP contribution in [0.15, 0.2) is 30.6 Å². The van der Waals surface area contributed by atoms with Gasteiger partial charge in [-0.2, -0.15) is 18.3 Å². The maximum absolute atomic E-state index is 14.1. The van der Waals surface area contributed by atoms with Crippen molar-refractivity contribution in [1.29, 1.82) is 0 Å². The molecule has 1 unspecified atom stereocenters. The lowest BCUT2D eigenvalue weighted by molar-refractivity contribution is -0.142. The normalized spacial score (nSPS) is 17.4. The van der Waals surface area contributed by atoms with Crippen molar-refractivity contribution in [3.63, 3.8) is 0 Å². The third-order valence-corrected chi connectivity index (χ3v) is 5.02. The molecule has 3 rings (SSSR count). The van der Waals surface area contributed by atoms with Gasteiger partial charge in [0.2, 0.25) is 5.91 Å². The number of hydrogen-bond acceptors (Lipinski definition) is 4. The number of hydrogen-bond donors (Lipinski definition) is 2. The molecule has 1 aliphatic heterocycles. The number of amides is 2. The minimum absolute atomic E-state index is 0.155. The first-order chi connectivity index (χ1) is 14.6. The molecule has 0 bridgehead atoms. The number of carbonyl (C=O) groups excluding carboxylic acids is 2. The second kappa shape index (κ2) is 9.46. The molecule has 11 heteroatoms. The molecule has 1 saturated heterocycles. The number of rotatable bonds is 6. The monoisotopic (exact) mass is 441 g/mol. The Bertz CT molecular complexity index is 944. The number of anilines is 2. The number of halogens is 4. The van der Waals surface area contributed by atoms with Crippen LogP contribution in [0, 0.1) is 5.82 Å². The highest BCUT2D eigenvalue weighted by molar-refractivity contribution is 6.04. The largest absolute Gasteiger partial charge is 0.408 e. The summed E-state index contributed by atoms with van der Waals surface area (Å²) in [5, 5.41) is 8.46. The third-order valence-electron chi connectivity index (χ3n) is 5.02. The molecule has 1 fully saturated rings. The van der Waals surface area contributed by atoms with E-state index >= 15 is 0 Å². The van der Waals surface area contributed by atoms with Gasteiger partial charge in [0.05, 0.1) is 24.0 Å². The number of nitrogens with zero attached hydrogens (tertiary/aromatic N) is 3. The standard InChI is InChI=1S/C20H23F4N5O2/c1-13-4-2-3-7-28(13)11-18(30)26-15-5-6-16(21)17(8-15)27-19(31)14-9-25-29(10-14)12-20(22,23)24/h5-6,8-10,13H,2-4,7,11-12H2,1H3,(H,26,30)(H,27,31). The van der Waals surface area contributed by atoms with Crippen molar-refractivity contribution in [3.8, 4) is 0 Å². The molecule has 0 radical (unpaired) electrons. The predicted molar refractivity (Wildman–Crippen MR) is 106 cm³/mol. The van der Waals surface area contributed by atoms with E-state index in [0.717, 1.165) is 44.3 Å². The first kappa shape index (κ1) is 22.7. The van der Waals surface area contributed by atoms with E-state index in [-0.39, 0.29) is 23.7 Å². The summed E-state index contributed by atoms with van der Waals surface area (Å²) < 4.78 is 52.0. The van der Waals surface area contributed by atoms with Gasteiger partial charge in [0, 0.05) is 17.9 Å². The van der Waals surface area contributed by atoms with E-state index in [1.165, 1.54) is 12.1 Å². The van der Waals surface area contributed by atoms with Crippen molar-refractivity contribution in [1.82, 2.24) is 14.7 Å². The van der Waals surface area contributed by atoms with E-state index in [0.29, 0.717) is 16.4 Å². The smallest absolute Gasteiger partial charge is 0.325 e. The fourth-order valence-electron chi connectivity index (χ4n) is 3.42. The molecule has 0 saturated carbocycles. The van der Waals surface area contributed by atoms with Gasteiger partial charge in [0.1, 0.15) is 12.4 Å². The summed E-state index contributed by atoms with van der Waals surface area (Å²) in [6.45, 7) is 1.76. The average Bonchev–Trinajstić information content (AvgIpc) is 3.13. The van der Waals surface area contributed by atoms with Crippen LogP contribution in [0.3, 0.4) is 0 Å². The second-order valence-corrected chi connectivity index (χ2v) is 7.55. The second-order valence-electron chi connectivity index (χ2n) is 7.55. The van der Waals surface area contributed by atoms with Crippen molar-refractivity contribution >= 4 is 23.2 Å². The van der Waals surface area contributed by atoms with Crippen LogP contribution < -0.4 is 10.6 Å². The van der Waals surface area contributed by atoms with Gasteiger partial charge in [-0.15, -0.1) is 0 Å². The molecule has 31 heavy (non-hydrogen) atoms.